The van der Waals surface area contributed by atoms with E-state index in [0.29, 0.717) is 18.8 Å². The van der Waals surface area contributed by atoms with E-state index in [2.05, 4.69) is 10.00 Å². The van der Waals surface area contributed by atoms with E-state index in [1.54, 1.807) is 4.90 Å². The molecule has 1 aromatic heterocycles. The van der Waals surface area contributed by atoms with Crippen molar-refractivity contribution in [3.63, 3.8) is 0 Å². The average Bonchev–Trinajstić information content (AvgIpc) is 2.76. The van der Waals surface area contributed by atoms with Gasteiger partial charge in [-0.3, -0.25) is 14.2 Å². The second-order valence-corrected chi connectivity index (χ2v) is 8.86. The molecule has 33 heavy (non-hydrogen) atoms. The van der Waals surface area contributed by atoms with Crippen molar-refractivity contribution in [3.8, 4) is 5.69 Å². The number of nitrogens with zero attached hydrogens (tertiary/aromatic N) is 5. The van der Waals surface area contributed by atoms with Crippen LogP contribution in [0.2, 0.25) is 0 Å². The molecule has 1 aliphatic rings. The summed E-state index contributed by atoms with van der Waals surface area (Å²) in [5.74, 6) is -0.441. The molecule has 3 aromatic rings. The third-order valence-corrected chi connectivity index (χ3v) is 5.93. The SMILES string of the molecule is Cc1cccc(Cn2c(=O)c(C(=O)N3CCN(C)CC3)nn(-c3cc(C)cc(C)c3)c2=O)c1. The Morgan fingerprint density at radius 3 is 2.21 bits per heavy atom. The molecule has 2 heterocycles. The van der Waals surface area contributed by atoms with Gasteiger partial charge in [-0.05, 0) is 56.6 Å². The van der Waals surface area contributed by atoms with Crippen LogP contribution in [0.1, 0.15) is 32.7 Å². The molecule has 1 saturated heterocycles. The molecular weight excluding hydrogens is 418 g/mol. The fourth-order valence-corrected chi connectivity index (χ4v) is 4.18. The van der Waals surface area contributed by atoms with Crippen LogP contribution in [-0.2, 0) is 6.54 Å². The fraction of sp³-hybridized carbons (Fsp3) is 0.360. The van der Waals surface area contributed by atoms with E-state index >= 15 is 0 Å². The van der Waals surface area contributed by atoms with Crippen LogP contribution in [0.4, 0.5) is 0 Å². The van der Waals surface area contributed by atoms with Gasteiger partial charge in [-0.2, -0.15) is 9.78 Å². The molecule has 0 spiro atoms. The van der Waals surface area contributed by atoms with E-state index in [-0.39, 0.29) is 12.2 Å². The molecule has 1 aliphatic heterocycles. The summed E-state index contributed by atoms with van der Waals surface area (Å²) in [5, 5.41) is 4.30. The Morgan fingerprint density at radius 1 is 0.909 bits per heavy atom. The first-order valence-electron chi connectivity index (χ1n) is 11.1. The third kappa shape index (κ3) is 4.80. The number of likely N-dealkylation sites (N-methyl/N-ethyl adjacent to an activating group) is 1. The number of hydrogen-bond donors (Lipinski definition) is 0. The smallest absolute Gasteiger partial charge is 0.335 e. The van der Waals surface area contributed by atoms with Crippen molar-refractivity contribution in [3.05, 3.63) is 91.3 Å². The zero-order chi connectivity index (χ0) is 23.7. The summed E-state index contributed by atoms with van der Waals surface area (Å²) < 4.78 is 2.29. The average molecular weight is 448 g/mol. The molecule has 8 nitrogen and oxygen atoms in total. The van der Waals surface area contributed by atoms with E-state index in [1.807, 2.05) is 70.3 Å². The van der Waals surface area contributed by atoms with Gasteiger partial charge in [0.05, 0.1) is 12.2 Å². The normalized spacial score (nSPS) is 14.5. The van der Waals surface area contributed by atoms with Crippen molar-refractivity contribution in [1.29, 1.82) is 0 Å². The number of piperazine rings is 1. The molecule has 0 N–H and O–H groups in total. The van der Waals surface area contributed by atoms with E-state index in [9.17, 15) is 14.4 Å². The first-order valence-corrected chi connectivity index (χ1v) is 11.1. The Labute approximate surface area is 192 Å². The van der Waals surface area contributed by atoms with Gasteiger partial charge in [-0.1, -0.05) is 35.9 Å². The van der Waals surface area contributed by atoms with Crippen molar-refractivity contribution in [1.82, 2.24) is 24.1 Å². The zero-order valence-electron chi connectivity index (χ0n) is 19.5. The maximum absolute atomic E-state index is 13.4. The molecular formula is C25H29N5O3. The van der Waals surface area contributed by atoms with Crippen LogP contribution < -0.4 is 11.2 Å². The molecule has 1 amide bonds. The van der Waals surface area contributed by atoms with Gasteiger partial charge >= 0.3 is 5.69 Å². The highest BCUT2D eigenvalue weighted by molar-refractivity contribution is 5.92. The number of aromatic nitrogens is 3. The Bertz CT molecular complexity index is 1300. The van der Waals surface area contributed by atoms with E-state index in [4.69, 9.17) is 0 Å². The molecule has 0 unspecified atom stereocenters. The maximum Gasteiger partial charge on any atom is 0.352 e. The minimum Gasteiger partial charge on any atom is -0.335 e. The number of carbonyl (C=O) groups is 1. The van der Waals surface area contributed by atoms with E-state index in [0.717, 1.165) is 39.9 Å². The van der Waals surface area contributed by atoms with Crippen LogP contribution in [0.3, 0.4) is 0 Å². The summed E-state index contributed by atoms with van der Waals surface area (Å²) in [7, 11) is 2.00. The summed E-state index contributed by atoms with van der Waals surface area (Å²) in [6, 6.07) is 13.3. The fourth-order valence-electron chi connectivity index (χ4n) is 4.18. The van der Waals surface area contributed by atoms with Crippen LogP contribution in [0, 0.1) is 20.8 Å². The van der Waals surface area contributed by atoms with Crippen LogP contribution >= 0.6 is 0 Å². The lowest BCUT2D eigenvalue weighted by Gasteiger charge is -2.32. The van der Waals surface area contributed by atoms with Crippen LogP contribution in [0.25, 0.3) is 5.69 Å². The molecule has 8 heteroatoms. The molecule has 0 bridgehead atoms. The maximum atomic E-state index is 13.4. The molecule has 0 atom stereocenters. The lowest BCUT2D eigenvalue weighted by Crippen LogP contribution is -2.51. The second kappa shape index (κ2) is 9.15. The number of aryl methyl sites for hydroxylation is 3. The molecule has 4 rings (SSSR count). The molecule has 2 aromatic carbocycles. The Morgan fingerprint density at radius 2 is 1.58 bits per heavy atom. The Kier molecular flexibility index (Phi) is 6.29. The molecule has 172 valence electrons. The number of amides is 1. The first-order chi connectivity index (χ1) is 15.7. The van der Waals surface area contributed by atoms with Gasteiger partial charge in [0.2, 0.25) is 5.69 Å². The van der Waals surface area contributed by atoms with E-state index in [1.165, 1.54) is 4.68 Å². The summed E-state index contributed by atoms with van der Waals surface area (Å²) in [4.78, 5) is 43.9. The summed E-state index contributed by atoms with van der Waals surface area (Å²) in [5.41, 5.74) is 2.83. The van der Waals surface area contributed by atoms with Gasteiger partial charge in [0.15, 0.2) is 0 Å². The van der Waals surface area contributed by atoms with Crippen molar-refractivity contribution in [2.45, 2.75) is 27.3 Å². The van der Waals surface area contributed by atoms with Crippen molar-refractivity contribution >= 4 is 5.91 Å². The van der Waals surface area contributed by atoms with Crippen molar-refractivity contribution < 1.29 is 4.79 Å². The summed E-state index contributed by atoms with van der Waals surface area (Å²) in [6.45, 7) is 8.35. The highest BCUT2D eigenvalue weighted by Crippen LogP contribution is 2.12. The minimum absolute atomic E-state index is 0.0652. The number of carbonyl (C=O) groups excluding carboxylic acids is 1. The molecule has 0 saturated carbocycles. The van der Waals surface area contributed by atoms with Crippen molar-refractivity contribution in [2.24, 2.45) is 0 Å². The molecule has 0 radical (unpaired) electrons. The highest BCUT2D eigenvalue weighted by Gasteiger charge is 2.27. The Balaban J connectivity index is 1.87. The van der Waals surface area contributed by atoms with Gasteiger partial charge < -0.3 is 9.80 Å². The van der Waals surface area contributed by atoms with Crippen LogP contribution in [0.5, 0.6) is 0 Å². The first kappa shape index (κ1) is 22.7. The quantitative estimate of drug-likeness (QED) is 0.609. The molecule has 1 fully saturated rings. The van der Waals surface area contributed by atoms with Crippen LogP contribution in [0.15, 0.2) is 52.1 Å². The standard InChI is InChI=1S/C25H29N5O3/c1-17-6-5-7-20(13-17)16-29-24(32)22(23(31)28-10-8-27(4)9-11-28)26-30(25(29)33)21-14-18(2)12-19(3)15-21/h5-7,12-15H,8-11,16H2,1-4H3. The Hall–Kier alpha value is -3.52. The van der Waals surface area contributed by atoms with E-state index < -0.39 is 17.2 Å². The predicted molar refractivity (Wildman–Crippen MR) is 127 cm³/mol. The predicted octanol–water partition coefficient (Wildman–Crippen LogP) is 1.76. The second-order valence-electron chi connectivity index (χ2n) is 8.86. The summed E-state index contributed by atoms with van der Waals surface area (Å²) >= 11 is 0. The third-order valence-electron chi connectivity index (χ3n) is 5.93. The monoisotopic (exact) mass is 447 g/mol. The van der Waals surface area contributed by atoms with Gasteiger partial charge in [0.1, 0.15) is 0 Å². The largest absolute Gasteiger partial charge is 0.352 e. The van der Waals surface area contributed by atoms with Gasteiger partial charge in [-0.25, -0.2) is 4.79 Å². The molecule has 0 aliphatic carbocycles. The topological polar surface area (TPSA) is 80.4 Å². The van der Waals surface area contributed by atoms with Gasteiger partial charge in [-0.15, -0.1) is 0 Å². The van der Waals surface area contributed by atoms with Crippen LogP contribution in [-0.4, -0.2) is 63.3 Å². The number of hydrogen-bond acceptors (Lipinski definition) is 5. The zero-order valence-corrected chi connectivity index (χ0v) is 19.5. The summed E-state index contributed by atoms with van der Waals surface area (Å²) in [6.07, 6.45) is 0. The minimum atomic E-state index is -0.661. The lowest BCUT2D eigenvalue weighted by molar-refractivity contribution is 0.0652. The van der Waals surface area contributed by atoms with Gasteiger partial charge in [0.25, 0.3) is 11.5 Å². The number of benzene rings is 2. The lowest BCUT2D eigenvalue weighted by atomic mass is 10.1. The number of rotatable bonds is 4. The highest BCUT2D eigenvalue weighted by atomic mass is 16.2. The van der Waals surface area contributed by atoms with Crippen molar-refractivity contribution in [2.75, 3.05) is 33.2 Å². The van der Waals surface area contributed by atoms with Gasteiger partial charge in [0, 0.05) is 26.2 Å².